The van der Waals surface area contributed by atoms with Gasteiger partial charge in [-0.2, -0.15) is 0 Å². The highest BCUT2D eigenvalue weighted by molar-refractivity contribution is 7.91. The van der Waals surface area contributed by atoms with E-state index in [1.165, 1.54) is 19.1 Å². The summed E-state index contributed by atoms with van der Waals surface area (Å²) in [7, 11) is -3.32. The van der Waals surface area contributed by atoms with Crippen molar-refractivity contribution in [2.75, 3.05) is 5.75 Å². The summed E-state index contributed by atoms with van der Waals surface area (Å²) >= 11 is 0. The van der Waals surface area contributed by atoms with Crippen molar-refractivity contribution in [3.63, 3.8) is 0 Å². The standard InChI is InChI=1S/C13H17NO5S/c1-3-20(18,19)11-6-4-5-10(7-11)8-12(15)14-9(2)13(16)17/h4-7,9H,3,8H2,1-2H3,(H,14,15)(H,16,17)/t9-/m1/s1. The fourth-order valence-corrected chi connectivity index (χ4v) is 2.51. The molecule has 0 aliphatic carbocycles. The zero-order valence-corrected chi connectivity index (χ0v) is 12.1. The molecule has 0 saturated carbocycles. The van der Waals surface area contributed by atoms with E-state index in [1.54, 1.807) is 19.1 Å². The van der Waals surface area contributed by atoms with Crippen molar-refractivity contribution in [2.24, 2.45) is 0 Å². The third kappa shape index (κ3) is 4.34. The van der Waals surface area contributed by atoms with E-state index < -0.39 is 27.8 Å². The number of carboxylic acid groups (broad SMARTS) is 1. The fourth-order valence-electron chi connectivity index (χ4n) is 1.56. The Morgan fingerprint density at radius 2 is 2.00 bits per heavy atom. The molecule has 20 heavy (non-hydrogen) atoms. The molecule has 7 heteroatoms. The molecule has 0 aliphatic heterocycles. The number of aliphatic carboxylic acids is 1. The topological polar surface area (TPSA) is 101 Å². The van der Waals surface area contributed by atoms with Crippen molar-refractivity contribution in [3.8, 4) is 0 Å². The summed E-state index contributed by atoms with van der Waals surface area (Å²) in [5.41, 5.74) is 0.523. The lowest BCUT2D eigenvalue weighted by molar-refractivity contribution is -0.141. The molecule has 110 valence electrons. The lowest BCUT2D eigenvalue weighted by Crippen LogP contribution is -2.39. The smallest absolute Gasteiger partial charge is 0.325 e. The summed E-state index contributed by atoms with van der Waals surface area (Å²) in [6, 6.07) is 5.11. The number of sulfone groups is 1. The van der Waals surface area contributed by atoms with Gasteiger partial charge in [0.25, 0.3) is 0 Å². The fraction of sp³-hybridized carbons (Fsp3) is 0.385. The Morgan fingerprint density at radius 1 is 1.35 bits per heavy atom. The molecular weight excluding hydrogens is 282 g/mol. The lowest BCUT2D eigenvalue weighted by atomic mass is 10.1. The van der Waals surface area contributed by atoms with Crippen molar-refractivity contribution in [1.82, 2.24) is 5.32 Å². The van der Waals surface area contributed by atoms with Crippen LogP contribution in [0.1, 0.15) is 19.4 Å². The van der Waals surface area contributed by atoms with Crippen LogP contribution in [0.4, 0.5) is 0 Å². The predicted molar refractivity (Wildman–Crippen MR) is 73.1 cm³/mol. The van der Waals surface area contributed by atoms with Gasteiger partial charge in [0.15, 0.2) is 9.84 Å². The second-order valence-corrected chi connectivity index (χ2v) is 6.63. The summed E-state index contributed by atoms with van der Waals surface area (Å²) in [5.74, 6) is -1.61. The average Bonchev–Trinajstić information content (AvgIpc) is 2.38. The van der Waals surface area contributed by atoms with E-state index in [9.17, 15) is 18.0 Å². The van der Waals surface area contributed by atoms with Crippen LogP contribution in [0.25, 0.3) is 0 Å². The van der Waals surface area contributed by atoms with E-state index in [2.05, 4.69) is 5.32 Å². The predicted octanol–water partition coefficient (Wildman–Crippen LogP) is 0.612. The van der Waals surface area contributed by atoms with Gasteiger partial charge in [-0.1, -0.05) is 19.1 Å². The molecule has 1 rings (SSSR count). The van der Waals surface area contributed by atoms with E-state index in [-0.39, 0.29) is 17.1 Å². The van der Waals surface area contributed by atoms with Gasteiger partial charge in [-0.3, -0.25) is 9.59 Å². The molecule has 0 bridgehead atoms. The molecular formula is C13H17NO5S. The van der Waals surface area contributed by atoms with Gasteiger partial charge in [0.05, 0.1) is 17.1 Å². The van der Waals surface area contributed by atoms with Gasteiger partial charge in [-0.15, -0.1) is 0 Å². The Hall–Kier alpha value is -1.89. The van der Waals surface area contributed by atoms with Crippen LogP contribution in [0.15, 0.2) is 29.2 Å². The lowest BCUT2D eigenvalue weighted by Gasteiger charge is -2.10. The molecule has 0 unspecified atom stereocenters. The van der Waals surface area contributed by atoms with Crippen molar-refractivity contribution in [3.05, 3.63) is 29.8 Å². The van der Waals surface area contributed by atoms with Gasteiger partial charge in [-0.05, 0) is 24.6 Å². The molecule has 0 radical (unpaired) electrons. The molecule has 1 atom stereocenters. The van der Waals surface area contributed by atoms with Gasteiger partial charge in [-0.25, -0.2) is 8.42 Å². The minimum Gasteiger partial charge on any atom is -0.480 e. The Kier molecular flexibility index (Phi) is 5.26. The maximum Gasteiger partial charge on any atom is 0.325 e. The first-order valence-corrected chi connectivity index (χ1v) is 7.75. The Bertz CT molecular complexity index is 609. The summed E-state index contributed by atoms with van der Waals surface area (Å²) < 4.78 is 23.5. The Morgan fingerprint density at radius 3 is 2.55 bits per heavy atom. The SMILES string of the molecule is CCS(=O)(=O)c1cccc(CC(=O)N[C@H](C)C(=O)O)c1. The molecule has 0 spiro atoms. The number of hydrogen-bond donors (Lipinski definition) is 2. The molecule has 1 amide bonds. The van der Waals surface area contributed by atoms with E-state index in [4.69, 9.17) is 5.11 Å². The first-order chi connectivity index (χ1) is 9.26. The van der Waals surface area contributed by atoms with Crippen LogP contribution in [-0.4, -0.2) is 37.2 Å². The molecule has 0 aliphatic rings. The highest BCUT2D eigenvalue weighted by Crippen LogP contribution is 2.13. The van der Waals surface area contributed by atoms with Gasteiger partial charge in [0.2, 0.25) is 5.91 Å². The second kappa shape index (κ2) is 6.51. The maximum atomic E-state index is 11.7. The van der Waals surface area contributed by atoms with Crippen LogP contribution in [0.2, 0.25) is 0 Å². The molecule has 1 aromatic rings. The first kappa shape index (κ1) is 16.2. The monoisotopic (exact) mass is 299 g/mol. The van der Waals surface area contributed by atoms with Crippen LogP contribution in [0.3, 0.4) is 0 Å². The summed E-state index contributed by atoms with van der Waals surface area (Å²) in [4.78, 5) is 22.4. The van der Waals surface area contributed by atoms with Gasteiger partial charge in [0.1, 0.15) is 6.04 Å². The molecule has 0 heterocycles. The van der Waals surface area contributed by atoms with E-state index >= 15 is 0 Å². The number of carbonyl (C=O) groups excluding carboxylic acids is 1. The van der Waals surface area contributed by atoms with Crippen molar-refractivity contribution in [2.45, 2.75) is 31.2 Å². The molecule has 6 nitrogen and oxygen atoms in total. The second-order valence-electron chi connectivity index (χ2n) is 4.36. The minimum absolute atomic E-state index is 0.0152. The van der Waals surface area contributed by atoms with Crippen LogP contribution in [-0.2, 0) is 25.8 Å². The van der Waals surface area contributed by atoms with Gasteiger partial charge >= 0.3 is 5.97 Å². The zero-order valence-electron chi connectivity index (χ0n) is 11.3. The highest BCUT2D eigenvalue weighted by Gasteiger charge is 2.16. The van der Waals surface area contributed by atoms with Crippen LogP contribution >= 0.6 is 0 Å². The third-order valence-electron chi connectivity index (χ3n) is 2.75. The molecule has 1 aromatic carbocycles. The number of carboxylic acids is 1. The number of nitrogens with one attached hydrogen (secondary N) is 1. The number of carbonyl (C=O) groups is 2. The minimum atomic E-state index is -3.32. The van der Waals surface area contributed by atoms with Gasteiger partial charge in [0, 0.05) is 0 Å². The Labute approximate surface area is 117 Å². The largest absolute Gasteiger partial charge is 0.480 e. The number of benzene rings is 1. The third-order valence-corrected chi connectivity index (χ3v) is 4.48. The number of rotatable bonds is 6. The number of amides is 1. The van der Waals surface area contributed by atoms with E-state index in [1.807, 2.05) is 0 Å². The molecule has 2 N–H and O–H groups in total. The first-order valence-electron chi connectivity index (χ1n) is 6.10. The summed E-state index contributed by atoms with van der Waals surface area (Å²) in [6.45, 7) is 2.90. The zero-order chi connectivity index (χ0) is 15.3. The quantitative estimate of drug-likeness (QED) is 0.801. The highest BCUT2D eigenvalue weighted by atomic mass is 32.2. The summed E-state index contributed by atoms with van der Waals surface area (Å²) in [6.07, 6.45) is -0.0648. The average molecular weight is 299 g/mol. The maximum absolute atomic E-state index is 11.7. The van der Waals surface area contributed by atoms with Gasteiger partial charge < -0.3 is 10.4 Å². The normalized spacial score (nSPS) is 12.7. The molecule has 0 aromatic heterocycles. The Balaban J connectivity index is 2.82. The summed E-state index contributed by atoms with van der Waals surface area (Å²) in [5, 5.41) is 11.0. The van der Waals surface area contributed by atoms with E-state index in [0.717, 1.165) is 0 Å². The van der Waals surface area contributed by atoms with Crippen molar-refractivity contribution >= 4 is 21.7 Å². The van der Waals surface area contributed by atoms with Crippen LogP contribution < -0.4 is 5.32 Å². The molecule has 0 fully saturated rings. The van der Waals surface area contributed by atoms with Crippen molar-refractivity contribution in [1.29, 1.82) is 0 Å². The number of hydrogen-bond acceptors (Lipinski definition) is 4. The van der Waals surface area contributed by atoms with Crippen LogP contribution in [0, 0.1) is 0 Å². The van der Waals surface area contributed by atoms with E-state index in [0.29, 0.717) is 5.56 Å². The van der Waals surface area contributed by atoms with Crippen molar-refractivity contribution < 1.29 is 23.1 Å². The molecule has 0 saturated heterocycles. The van der Waals surface area contributed by atoms with Crippen LogP contribution in [0.5, 0.6) is 0 Å².